The molecule has 4 rings (SSSR count). The van der Waals surface area contributed by atoms with Gasteiger partial charge in [0, 0.05) is 23.5 Å². The van der Waals surface area contributed by atoms with E-state index >= 15 is 0 Å². The van der Waals surface area contributed by atoms with Crippen molar-refractivity contribution in [2.24, 2.45) is 10.2 Å². The van der Waals surface area contributed by atoms with E-state index in [1.807, 2.05) is 0 Å². The molecular formula is C24H23ClKN8NaO11S3+2. The van der Waals surface area contributed by atoms with Gasteiger partial charge in [-0.1, -0.05) is 0 Å². The van der Waals surface area contributed by atoms with E-state index in [0.29, 0.717) is 5.69 Å². The number of azo groups is 1. The van der Waals surface area contributed by atoms with Gasteiger partial charge in [-0.3, -0.25) is 23.0 Å². The number of halogens is 1. The molecule has 0 aliphatic rings. The van der Waals surface area contributed by atoms with E-state index in [4.69, 9.17) is 16.2 Å². The van der Waals surface area contributed by atoms with Crippen LogP contribution >= 0.6 is 11.6 Å². The van der Waals surface area contributed by atoms with Crippen molar-refractivity contribution in [1.82, 2.24) is 19.5 Å². The van der Waals surface area contributed by atoms with Crippen molar-refractivity contribution in [1.29, 1.82) is 0 Å². The molecule has 0 bridgehead atoms. The van der Waals surface area contributed by atoms with Gasteiger partial charge in [0.1, 0.15) is 16.3 Å². The molecule has 49 heavy (non-hydrogen) atoms. The van der Waals surface area contributed by atoms with Gasteiger partial charge in [0.2, 0.25) is 17.2 Å². The quantitative estimate of drug-likeness (QED) is 0.0520. The SMILES string of the molecule is CCn1c(O)c(CS(=O)(=O)O)c(C)c(N=Nc2cc(Nc3nc(Cl)nc(Nc4ccc(S(=O)(=O)O)cc4)n3)ccc2S(=O)(=O)O)c1=O.[K+].[Na+]. The molecule has 0 fully saturated rings. The second-order valence-corrected chi connectivity index (χ2v) is 14.0. The number of anilines is 4. The molecule has 2 aromatic heterocycles. The summed E-state index contributed by atoms with van der Waals surface area (Å²) in [6.07, 6.45) is 0. The first kappa shape index (κ1) is 43.2. The van der Waals surface area contributed by atoms with Crippen LogP contribution in [-0.2, 0) is 42.7 Å². The fourth-order valence-electron chi connectivity index (χ4n) is 4.05. The van der Waals surface area contributed by atoms with Gasteiger partial charge in [-0.05, 0) is 73.5 Å². The summed E-state index contributed by atoms with van der Waals surface area (Å²) in [6.45, 7) is 2.56. The second-order valence-electron chi connectivity index (χ2n) is 9.41. The Labute approximate surface area is 348 Å². The van der Waals surface area contributed by atoms with Crippen LogP contribution in [0.1, 0.15) is 18.1 Å². The molecule has 25 heteroatoms. The Morgan fingerprint density at radius 3 is 1.92 bits per heavy atom. The zero-order valence-corrected chi connectivity index (χ0v) is 34.2. The van der Waals surface area contributed by atoms with Crippen molar-refractivity contribution < 1.29 is 125 Å². The maximum atomic E-state index is 13.0. The molecule has 2 aromatic carbocycles. The van der Waals surface area contributed by atoms with Gasteiger partial charge in [-0.15, -0.1) is 10.2 Å². The number of nitrogens with one attached hydrogen (secondary N) is 2. The Balaban J connectivity index is 0.00000417. The zero-order valence-electron chi connectivity index (χ0n) is 25.9. The first-order valence-electron chi connectivity index (χ1n) is 12.7. The fourth-order valence-corrected chi connectivity index (χ4v) is 6.00. The predicted molar refractivity (Wildman–Crippen MR) is 166 cm³/mol. The fraction of sp³-hybridized carbons (Fsp3) is 0.167. The van der Waals surface area contributed by atoms with Crippen LogP contribution in [0.25, 0.3) is 0 Å². The molecule has 6 N–H and O–H groups in total. The van der Waals surface area contributed by atoms with Crippen molar-refractivity contribution in [3.05, 3.63) is 69.2 Å². The Hall–Kier alpha value is -1.94. The van der Waals surface area contributed by atoms with Gasteiger partial charge in [-0.25, -0.2) is 0 Å². The number of aromatic nitrogens is 4. The molecule has 0 atom stereocenters. The van der Waals surface area contributed by atoms with Crippen LogP contribution in [0.2, 0.25) is 5.28 Å². The van der Waals surface area contributed by atoms with E-state index in [2.05, 4.69) is 35.8 Å². The Bertz CT molecular complexity index is 2310. The monoisotopic (exact) mass is 792 g/mol. The number of benzene rings is 2. The third kappa shape index (κ3) is 11.3. The summed E-state index contributed by atoms with van der Waals surface area (Å²) >= 11 is 6.02. The van der Waals surface area contributed by atoms with E-state index in [9.17, 15) is 44.3 Å². The molecule has 0 radical (unpaired) electrons. The van der Waals surface area contributed by atoms with E-state index < -0.39 is 63.8 Å². The van der Waals surface area contributed by atoms with E-state index in [1.165, 1.54) is 32.0 Å². The molecule has 250 valence electrons. The maximum absolute atomic E-state index is 13.0. The van der Waals surface area contributed by atoms with Crippen LogP contribution in [0.3, 0.4) is 0 Å². The molecule has 0 unspecified atom stereocenters. The Kier molecular flexibility index (Phi) is 15.0. The van der Waals surface area contributed by atoms with E-state index in [0.717, 1.165) is 28.8 Å². The Morgan fingerprint density at radius 1 is 0.857 bits per heavy atom. The minimum atomic E-state index is -4.90. The van der Waals surface area contributed by atoms with Crippen LogP contribution in [0.15, 0.2) is 67.3 Å². The van der Waals surface area contributed by atoms with Crippen molar-refractivity contribution in [2.45, 2.75) is 35.9 Å². The van der Waals surface area contributed by atoms with Gasteiger partial charge in [0.15, 0.2) is 11.6 Å². The number of nitrogens with zero attached hydrogens (tertiary/aromatic N) is 6. The number of hydrogen-bond donors (Lipinski definition) is 6. The van der Waals surface area contributed by atoms with Crippen LogP contribution in [0.5, 0.6) is 5.88 Å². The Morgan fingerprint density at radius 2 is 1.41 bits per heavy atom. The molecule has 0 aliphatic heterocycles. The standard InChI is InChI=1S/C24H23ClN8O11S3.K.Na/c1-3-33-20(34)16(11-45(36,37)38)12(2)19(21(33)35)32-31-17-10-14(6-9-18(17)47(42,43)44)27-24-29-22(25)28-23(30-24)26-13-4-7-15(8-5-13)46(39,40)41;;/h4-10,34H,3,11H2,1-2H3,(H,36,37,38)(H,39,40,41)(H,42,43,44)(H2,26,27,28,29,30);;/q;2*+1. The molecular weight excluding hydrogens is 770 g/mol. The molecule has 19 nitrogen and oxygen atoms in total. The van der Waals surface area contributed by atoms with Crippen LogP contribution in [0.4, 0.5) is 34.6 Å². The minimum Gasteiger partial charge on any atom is -0.494 e. The molecule has 0 saturated heterocycles. The third-order valence-corrected chi connectivity index (χ3v) is 8.78. The van der Waals surface area contributed by atoms with Crippen molar-refractivity contribution in [3.63, 3.8) is 0 Å². The summed E-state index contributed by atoms with van der Waals surface area (Å²) in [4.78, 5) is 23.9. The van der Waals surface area contributed by atoms with E-state index in [-0.39, 0.29) is 126 Å². The number of rotatable bonds is 11. The van der Waals surface area contributed by atoms with Crippen LogP contribution < -0.4 is 97.1 Å². The number of aromatic hydroxyl groups is 1. The topological polar surface area (TPSA) is 293 Å². The van der Waals surface area contributed by atoms with Gasteiger partial charge >= 0.3 is 80.9 Å². The molecule has 0 saturated carbocycles. The minimum absolute atomic E-state index is 0. The summed E-state index contributed by atoms with van der Waals surface area (Å²) in [7, 11) is -14.0. The second kappa shape index (κ2) is 17.0. The maximum Gasteiger partial charge on any atom is 1.00 e. The average molecular weight is 793 g/mol. The summed E-state index contributed by atoms with van der Waals surface area (Å²) in [5.41, 5.74) is -2.06. The third-order valence-electron chi connectivity index (χ3n) is 6.19. The summed E-state index contributed by atoms with van der Waals surface area (Å²) < 4.78 is 98.8. The predicted octanol–water partition coefficient (Wildman–Crippen LogP) is -2.49. The van der Waals surface area contributed by atoms with Gasteiger partial charge < -0.3 is 15.7 Å². The number of pyridine rings is 1. The van der Waals surface area contributed by atoms with Gasteiger partial charge in [0.25, 0.3) is 35.9 Å². The molecule has 2 heterocycles. The average Bonchev–Trinajstić information content (AvgIpc) is 2.94. The molecule has 0 aliphatic carbocycles. The van der Waals surface area contributed by atoms with Crippen molar-refractivity contribution in [3.8, 4) is 5.88 Å². The van der Waals surface area contributed by atoms with Crippen molar-refractivity contribution in [2.75, 3.05) is 10.6 Å². The largest absolute Gasteiger partial charge is 1.00 e. The van der Waals surface area contributed by atoms with Gasteiger partial charge in [0.05, 0.1) is 4.90 Å². The summed E-state index contributed by atoms with van der Waals surface area (Å²) in [5, 5.41) is 23.3. The molecule has 4 aromatic rings. The van der Waals surface area contributed by atoms with Gasteiger partial charge in [-0.2, -0.15) is 40.2 Å². The first-order valence-corrected chi connectivity index (χ1v) is 17.6. The number of hydrogen-bond acceptors (Lipinski definition) is 15. The smallest absolute Gasteiger partial charge is 0.494 e. The van der Waals surface area contributed by atoms with Crippen molar-refractivity contribution >= 4 is 76.6 Å². The molecule has 0 spiro atoms. The van der Waals surface area contributed by atoms with E-state index in [1.54, 1.807) is 0 Å². The molecule has 0 amide bonds. The summed E-state index contributed by atoms with van der Waals surface area (Å²) in [5.74, 6) is -2.09. The first-order chi connectivity index (χ1) is 21.8. The van der Waals surface area contributed by atoms with Crippen LogP contribution in [-0.4, -0.2) is 63.5 Å². The normalized spacial score (nSPS) is 11.9. The zero-order chi connectivity index (χ0) is 34.9. The van der Waals surface area contributed by atoms with Crippen LogP contribution in [0, 0.1) is 6.92 Å². The summed E-state index contributed by atoms with van der Waals surface area (Å²) in [6, 6.07) is 8.10.